The van der Waals surface area contributed by atoms with E-state index in [4.69, 9.17) is 10.00 Å². The van der Waals surface area contributed by atoms with Crippen molar-refractivity contribution in [1.82, 2.24) is 24.7 Å². The molecule has 3 aromatic rings. The number of ether oxygens (including phenoxy) is 1. The number of fused-ring (bicyclic) bond motifs is 1. The van der Waals surface area contributed by atoms with Crippen LogP contribution in [0.1, 0.15) is 25.3 Å². The second-order valence-corrected chi connectivity index (χ2v) is 7.52. The number of aryl methyl sites for hydroxylation is 1. The van der Waals surface area contributed by atoms with Gasteiger partial charge in [-0.15, -0.1) is 0 Å². The van der Waals surface area contributed by atoms with E-state index in [0.717, 1.165) is 36.1 Å². The van der Waals surface area contributed by atoms with Crippen LogP contribution in [0.3, 0.4) is 0 Å². The van der Waals surface area contributed by atoms with Crippen LogP contribution in [0.2, 0.25) is 0 Å². The first-order valence-corrected chi connectivity index (χ1v) is 10.4. The van der Waals surface area contributed by atoms with Gasteiger partial charge in [-0.05, 0) is 25.7 Å². The molecule has 1 fully saturated rings. The molecule has 1 aliphatic rings. The third-order valence-corrected chi connectivity index (χ3v) is 5.34. The maximum Gasteiger partial charge on any atom is 0.301 e. The number of carbonyl (C=O) groups is 1. The molecule has 0 saturated carbocycles. The van der Waals surface area contributed by atoms with Crippen LogP contribution >= 0.6 is 0 Å². The number of hydrogen-bond donors (Lipinski definition) is 2. The topological polar surface area (TPSA) is 134 Å². The zero-order valence-corrected chi connectivity index (χ0v) is 18.6. The predicted octanol–water partition coefficient (Wildman–Crippen LogP) is 1.68. The van der Waals surface area contributed by atoms with E-state index in [0.29, 0.717) is 23.9 Å². The molecule has 1 amide bonds. The number of rotatable bonds is 5. The van der Waals surface area contributed by atoms with Crippen molar-refractivity contribution in [2.75, 3.05) is 35.7 Å². The Hall–Kier alpha value is -4.38. The number of nitrogens with one attached hydrogen (secondary N) is 2. The number of nitriles is 1. The zero-order chi connectivity index (χ0) is 23.4. The van der Waals surface area contributed by atoms with E-state index in [1.165, 1.54) is 13.3 Å². The smallest absolute Gasteiger partial charge is 0.301 e. The summed E-state index contributed by atoms with van der Waals surface area (Å²) in [6, 6.07) is 4.08. The van der Waals surface area contributed by atoms with Crippen LogP contribution in [0.4, 0.5) is 17.6 Å². The average molecular weight is 445 g/mol. The van der Waals surface area contributed by atoms with Crippen LogP contribution in [-0.4, -0.2) is 56.9 Å². The Labute approximate surface area is 190 Å². The van der Waals surface area contributed by atoms with Gasteiger partial charge >= 0.3 is 5.91 Å². The van der Waals surface area contributed by atoms with E-state index in [1.54, 1.807) is 17.8 Å². The highest BCUT2D eigenvalue weighted by Crippen LogP contribution is 2.27. The van der Waals surface area contributed by atoms with Crippen molar-refractivity contribution in [3.05, 3.63) is 24.0 Å². The number of carbonyl (C=O) groups excluding carboxylic acids is 1. The third-order valence-electron chi connectivity index (χ3n) is 5.34. The normalized spacial score (nSPS) is 15.3. The molecule has 4 heterocycles. The quantitative estimate of drug-likeness (QED) is 0.563. The van der Waals surface area contributed by atoms with Gasteiger partial charge in [0.1, 0.15) is 17.5 Å². The first-order chi connectivity index (χ1) is 16.0. The lowest BCUT2D eigenvalue weighted by Gasteiger charge is -2.34. The van der Waals surface area contributed by atoms with E-state index in [-0.39, 0.29) is 11.9 Å². The predicted molar refractivity (Wildman–Crippen MR) is 123 cm³/mol. The van der Waals surface area contributed by atoms with Crippen LogP contribution in [0.5, 0.6) is 5.88 Å². The first-order valence-electron chi connectivity index (χ1n) is 10.4. The molecule has 0 aromatic carbocycles. The van der Waals surface area contributed by atoms with Crippen LogP contribution in [0, 0.1) is 23.2 Å². The maximum absolute atomic E-state index is 11.8. The van der Waals surface area contributed by atoms with Crippen LogP contribution in [0.25, 0.3) is 10.9 Å². The molecule has 1 saturated heterocycles. The summed E-state index contributed by atoms with van der Waals surface area (Å²) < 4.78 is 6.89. The minimum Gasteiger partial charge on any atom is -0.480 e. The summed E-state index contributed by atoms with van der Waals surface area (Å²) in [5.41, 5.74) is 1.15. The minimum absolute atomic E-state index is 0.0999. The fraction of sp³-hybridized carbons (Fsp3) is 0.364. The van der Waals surface area contributed by atoms with E-state index in [9.17, 15) is 4.79 Å². The maximum atomic E-state index is 11.8. The Kier molecular flexibility index (Phi) is 6.22. The lowest BCUT2D eigenvalue weighted by Crippen LogP contribution is -2.42. The number of nitrogens with zero attached hydrogens (tertiary/aromatic N) is 7. The van der Waals surface area contributed by atoms with Gasteiger partial charge in [-0.25, -0.2) is 9.97 Å². The molecule has 0 aliphatic carbocycles. The van der Waals surface area contributed by atoms with E-state index in [2.05, 4.69) is 47.4 Å². The Bertz CT molecular complexity index is 1300. The molecule has 3 aromatic heterocycles. The molecule has 11 nitrogen and oxygen atoms in total. The van der Waals surface area contributed by atoms with Crippen molar-refractivity contribution in [1.29, 1.82) is 5.26 Å². The van der Waals surface area contributed by atoms with Crippen LogP contribution in [0.15, 0.2) is 18.5 Å². The number of anilines is 3. The van der Waals surface area contributed by atoms with E-state index in [1.807, 2.05) is 19.2 Å². The third kappa shape index (κ3) is 4.62. The first kappa shape index (κ1) is 21.8. The monoisotopic (exact) mass is 445 g/mol. The van der Waals surface area contributed by atoms with Gasteiger partial charge in [0.25, 0.3) is 0 Å². The molecule has 4 rings (SSSR count). The Morgan fingerprint density at radius 1 is 1.33 bits per heavy atom. The van der Waals surface area contributed by atoms with Gasteiger partial charge in [0.2, 0.25) is 11.8 Å². The number of piperidine rings is 1. The molecule has 1 atom stereocenters. The summed E-state index contributed by atoms with van der Waals surface area (Å²) in [6.07, 6.45) is 5.09. The molecule has 168 valence electrons. The number of hydrogen-bond acceptors (Lipinski definition) is 9. The molecular formula is C22H23N9O2. The lowest BCUT2D eigenvalue weighted by molar-refractivity contribution is -0.111. The summed E-state index contributed by atoms with van der Waals surface area (Å²) in [6.45, 7) is 3.17. The van der Waals surface area contributed by atoms with Crippen molar-refractivity contribution in [2.24, 2.45) is 7.05 Å². The van der Waals surface area contributed by atoms with Crippen molar-refractivity contribution in [2.45, 2.75) is 25.8 Å². The SMILES string of the molecule is CC#CC(=O)Nc1nn(C)c2cc(N3CCCC(Nc4ncc(C#N)c(OC)n4)C3)ncc12. The molecule has 2 N–H and O–H groups in total. The highest BCUT2D eigenvalue weighted by Gasteiger charge is 2.23. The fourth-order valence-corrected chi connectivity index (χ4v) is 3.81. The molecule has 33 heavy (non-hydrogen) atoms. The van der Waals surface area contributed by atoms with Crippen molar-refractivity contribution < 1.29 is 9.53 Å². The highest BCUT2D eigenvalue weighted by atomic mass is 16.5. The molecule has 11 heteroatoms. The number of aromatic nitrogens is 5. The number of pyridine rings is 1. The molecule has 1 aliphatic heterocycles. The van der Waals surface area contributed by atoms with Gasteiger partial charge in [0.05, 0.1) is 24.2 Å². The Morgan fingerprint density at radius 2 is 2.18 bits per heavy atom. The molecule has 0 bridgehead atoms. The summed E-state index contributed by atoms with van der Waals surface area (Å²) >= 11 is 0. The minimum atomic E-state index is -0.409. The van der Waals surface area contributed by atoms with E-state index >= 15 is 0 Å². The largest absolute Gasteiger partial charge is 0.480 e. The standard InChI is InChI=1S/C22H23N9O2/c1-4-6-19(32)27-20-16-12-24-18(9-17(16)30(2)29-20)31-8-5-7-15(13-31)26-22-25-11-14(10-23)21(28-22)33-3/h9,11-12,15H,5,7-8,13H2,1-3H3,(H,25,26,28)(H,27,29,32). The Morgan fingerprint density at radius 3 is 2.94 bits per heavy atom. The van der Waals surface area contributed by atoms with Gasteiger partial charge in [0, 0.05) is 38.4 Å². The van der Waals surface area contributed by atoms with Gasteiger partial charge in [-0.3, -0.25) is 14.8 Å². The fourth-order valence-electron chi connectivity index (χ4n) is 3.81. The molecule has 1 unspecified atom stereocenters. The summed E-state index contributed by atoms with van der Waals surface area (Å²) in [4.78, 5) is 27.2. The van der Waals surface area contributed by atoms with Crippen LogP contribution in [-0.2, 0) is 11.8 Å². The summed E-state index contributed by atoms with van der Waals surface area (Å²) in [5.74, 6) is 6.54. The average Bonchev–Trinajstić information content (AvgIpc) is 3.13. The van der Waals surface area contributed by atoms with Gasteiger partial charge < -0.3 is 15.0 Å². The molecular weight excluding hydrogens is 422 g/mol. The summed E-state index contributed by atoms with van der Waals surface area (Å²) in [5, 5.41) is 20.3. The van der Waals surface area contributed by atoms with Gasteiger partial charge in [0.15, 0.2) is 5.82 Å². The van der Waals surface area contributed by atoms with Crippen molar-refractivity contribution >= 4 is 34.4 Å². The van der Waals surface area contributed by atoms with E-state index < -0.39 is 5.91 Å². The Balaban J connectivity index is 1.51. The number of methoxy groups -OCH3 is 1. The lowest BCUT2D eigenvalue weighted by atomic mass is 10.1. The van der Waals surface area contributed by atoms with Crippen molar-refractivity contribution in [3.63, 3.8) is 0 Å². The highest BCUT2D eigenvalue weighted by molar-refractivity contribution is 6.07. The van der Waals surface area contributed by atoms with Gasteiger partial charge in [-0.2, -0.15) is 15.3 Å². The van der Waals surface area contributed by atoms with Crippen LogP contribution < -0.4 is 20.3 Å². The number of amides is 1. The zero-order valence-electron chi connectivity index (χ0n) is 18.6. The second kappa shape index (κ2) is 9.40. The van der Waals surface area contributed by atoms with Crippen molar-refractivity contribution in [3.8, 4) is 23.8 Å². The van der Waals surface area contributed by atoms with Gasteiger partial charge in [-0.1, -0.05) is 5.92 Å². The second-order valence-electron chi connectivity index (χ2n) is 7.52. The molecule has 0 radical (unpaired) electrons. The molecule has 0 spiro atoms. The summed E-state index contributed by atoms with van der Waals surface area (Å²) in [7, 11) is 3.30.